The first-order valence-electron chi connectivity index (χ1n) is 11.6. The summed E-state index contributed by atoms with van der Waals surface area (Å²) in [7, 11) is 3.48. The molecule has 4 aromatic rings. The molecule has 1 saturated carbocycles. The summed E-state index contributed by atoms with van der Waals surface area (Å²) >= 11 is 0. The van der Waals surface area contributed by atoms with Gasteiger partial charge in [0.15, 0.2) is 5.65 Å². The highest BCUT2D eigenvalue weighted by Crippen LogP contribution is 2.30. The maximum absolute atomic E-state index is 12.3. The summed E-state index contributed by atoms with van der Waals surface area (Å²) in [5, 5.41) is 18.2. The van der Waals surface area contributed by atoms with Gasteiger partial charge in [0.05, 0.1) is 23.0 Å². The van der Waals surface area contributed by atoms with Crippen LogP contribution in [0.25, 0.3) is 27.9 Å². The van der Waals surface area contributed by atoms with Crippen LogP contribution in [-0.2, 0) is 11.3 Å². The number of carbonyl (C=O) groups is 1. The minimum Gasteiger partial charge on any atom is -0.390 e. The molecule has 10 nitrogen and oxygen atoms in total. The Hall–Kier alpha value is -3.53. The van der Waals surface area contributed by atoms with Crippen LogP contribution >= 0.6 is 0 Å². The van der Waals surface area contributed by atoms with Crippen molar-refractivity contribution >= 4 is 28.5 Å². The van der Waals surface area contributed by atoms with Crippen molar-refractivity contribution in [2.75, 3.05) is 19.4 Å². The second kappa shape index (κ2) is 8.35. The molecule has 178 valence electrons. The van der Waals surface area contributed by atoms with Crippen LogP contribution in [0.2, 0.25) is 0 Å². The Labute approximate surface area is 197 Å². The van der Waals surface area contributed by atoms with Gasteiger partial charge < -0.3 is 19.9 Å². The second-order valence-electron chi connectivity index (χ2n) is 9.63. The van der Waals surface area contributed by atoms with Gasteiger partial charge in [-0.05, 0) is 57.7 Å². The Morgan fingerprint density at radius 1 is 1.24 bits per heavy atom. The monoisotopic (exact) mass is 462 g/mol. The molecule has 0 bridgehead atoms. The number of carbonyl (C=O) groups excluding carboxylic acids is 1. The molecule has 0 aromatic carbocycles. The van der Waals surface area contributed by atoms with E-state index in [1.165, 1.54) is 0 Å². The van der Waals surface area contributed by atoms with E-state index in [9.17, 15) is 9.90 Å². The smallest absolute Gasteiger partial charge is 0.242 e. The predicted octanol–water partition coefficient (Wildman–Crippen LogP) is 2.64. The van der Waals surface area contributed by atoms with E-state index in [0.29, 0.717) is 11.6 Å². The van der Waals surface area contributed by atoms with Gasteiger partial charge in [0.1, 0.15) is 17.9 Å². The highest BCUT2D eigenvalue weighted by molar-refractivity contribution is 5.84. The van der Waals surface area contributed by atoms with Crippen LogP contribution in [0.3, 0.4) is 0 Å². The number of aliphatic hydroxyl groups is 1. The van der Waals surface area contributed by atoms with E-state index in [1.807, 2.05) is 42.8 Å². The fraction of sp³-hybridized carbons (Fsp3) is 0.458. The number of pyridine rings is 1. The number of hydrogen-bond acceptors (Lipinski definition) is 7. The van der Waals surface area contributed by atoms with E-state index in [-0.39, 0.29) is 18.5 Å². The van der Waals surface area contributed by atoms with Crippen LogP contribution in [0.5, 0.6) is 0 Å². The SMILES string of the molecule is Cc1nc2ccc(-c3ccn4nc(N[C@H]5CC[C@@](C)(O)CC5)ncc34)nc2n1CC(=O)N(C)C. The molecule has 0 radical (unpaired) electrons. The minimum atomic E-state index is -0.569. The number of likely N-dealkylation sites (N-methyl/N-ethyl adjacent to an activating group) is 1. The van der Waals surface area contributed by atoms with E-state index in [1.54, 1.807) is 29.7 Å². The van der Waals surface area contributed by atoms with Crippen LogP contribution in [0.1, 0.15) is 38.4 Å². The fourth-order valence-electron chi connectivity index (χ4n) is 4.48. The summed E-state index contributed by atoms with van der Waals surface area (Å²) in [4.78, 5) is 27.8. The summed E-state index contributed by atoms with van der Waals surface area (Å²) in [6, 6.07) is 6.09. The molecule has 0 spiro atoms. The summed E-state index contributed by atoms with van der Waals surface area (Å²) in [6.45, 7) is 3.97. The van der Waals surface area contributed by atoms with Crippen molar-refractivity contribution < 1.29 is 9.90 Å². The first-order chi connectivity index (χ1) is 16.2. The lowest BCUT2D eigenvalue weighted by Gasteiger charge is -2.33. The summed E-state index contributed by atoms with van der Waals surface area (Å²) in [5.74, 6) is 1.30. The topological polar surface area (TPSA) is 113 Å². The molecule has 1 fully saturated rings. The van der Waals surface area contributed by atoms with Gasteiger partial charge in [-0.15, -0.1) is 5.10 Å². The highest BCUT2D eigenvalue weighted by Gasteiger charge is 2.29. The lowest BCUT2D eigenvalue weighted by atomic mass is 9.84. The first kappa shape index (κ1) is 22.3. The molecule has 1 aliphatic rings. The number of amides is 1. The zero-order valence-corrected chi connectivity index (χ0v) is 20.0. The van der Waals surface area contributed by atoms with Crippen molar-refractivity contribution in [3.63, 3.8) is 0 Å². The molecule has 1 amide bonds. The Morgan fingerprint density at radius 2 is 2.00 bits per heavy atom. The quantitative estimate of drug-likeness (QED) is 0.469. The second-order valence-corrected chi connectivity index (χ2v) is 9.63. The molecule has 0 aliphatic heterocycles. The van der Waals surface area contributed by atoms with Gasteiger partial charge in [0.25, 0.3) is 0 Å². The molecule has 4 heterocycles. The average Bonchev–Trinajstić information content (AvgIpc) is 3.35. The number of nitrogens with one attached hydrogen (secondary N) is 1. The van der Waals surface area contributed by atoms with E-state index in [2.05, 4.69) is 20.4 Å². The van der Waals surface area contributed by atoms with Crippen molar-refractivity contribution in [2.24, 2.45) is 0 Å². The summed E-state index contributed by atoms with van der Waals surface area (Å²) < 4.78 is 3.65. The van der Waals surface area contributed by atoms with Crippen LogP contribution < -0.4 is 5.32 Å². The number of aryl methyl sites for hydroxylation is 1. The Kier molecular flexibility index (Phi) is 5.47. The van der Waals surface area contributed by atoms with Crippen molar-refractivity contribution in [3.05, 3.63) is 36.4 Å². The predicted molar refractivity (Wildman–Crippen MR) is 129 cm³/mol. The molecule has 10 heteroatoms. The van der Waals surface area contributed by atoms with Crippen LogP contribution in [-0.4, -0.2) is 70.8 Å². The molecular formula is C24H30N8O2. The molecule has 4 aromatic heterocycles. The highest BCUT2D eigenvalue weighted by atomic mass is 16.3. The molecule has 5 rings (SSSR count). The van der Waals surface area contributed by atoms with E-state index >= 15 is 0 Å². The van der Waals surface area contributed by atoms with Crippen LogP contribution in [0.4, 0.5) is 5.95 Å². The van der Waals surface area contributed by atoms with E-state index in [0.717, 1.165) is 53.8 Å². The van der Waals surface area contributed by atoms with Gasteiger partial charge in [0.2, 0.25) is 11.9 Å². The lowest BCUT2D eigenvalue weighted by Crippen LogP contribution is -2.36. The molecule has 34 heavy (non-hydrogen) atoms. The molecule has 0 saturated heterocycles. The van der Waals surface area contributed by atoms with Crippen LogP contribution in [0, 0.1) is 6.92 Å². The Bertz CT molecular complexity index is 1360. The molecule has 0 atom stereocenters. The molecule has 0 unspecified atom stereocenters. The van der Waals surface area contributed by atoms with Gasteiger partial charge in [-0.3, -0.25) is 4.79 Å². The summed E-state index contributed by atoms with van der Waals surface area (Å²) in [5.41, 5.74) is 3.39. The largest absolute Gasteiger partial charge is 0.390 e. The number of nitrogens with zero attached hydrogens (tertiary/aromatic N) is 7. The van der Waals surface area contributed by atoms with Crippen molar-refractivity contribution in [1.82, 2.24) is 34.0 Å². The standard InChI is InChI=1S/C24H30N8O2/c1-15-26-19-6-5-18(28-22(19)31(15)14-21(33)30(3)4)17-9-12-32-20(17)13-25-23(29-32)27-16-7-10-24(2,34)11-8-16/h5-6,9,12-13,16,34H,7-8,10-11,14H2,1-4H3,(H,27,29)/t16-,24+. The maximum atomic E-state index is 12.3. The zero-order chi connectivity index (χ0) is 24.0. The number of aromatic nitrogens is 6. The molecular weight excluding hydrogens is 432 g/mol. The van der Waals surface area contributed by atoms with Gasteiger partial charge in [-0.2, -0.15) is 0 Å². The number of hydrogen-bond donors (Lipinski definition) is 2. The first-order valence-corrected chi connectivity index (χ1v) is 11.6. The molecule has 1 aliphatic carbocycles. The van der Waals surface area contributed by atoms with Crippen molar-refractivity contribution in [2.45, 2.75) is 57.7 Å². The fourth-order valence-corrected chi connectivity index (χ4v) is 4.48. The third-order valence-corrected chi connectivity index (χ3v) is 6.66. The summed E-state index contributed by atoms with van der Waals surface area (Å²) in [6.07, 6.45) is 7.01. The van der Waals surface area contributed by atoms with Crippen molar-refractivity contribution in [3.8, 4) is 11.3 Å². The third-order valence-electron chi connectivity index (χ3n) is 6.66. The number of rotatable bonds is 5. The van der Waals surface area contributed by atoms with E-state index < -0.39 is 5.60 Å². The minimum absolute atomic E-state index is 0.0149. The van der Waals surface area contributed by atoms with Crippen LogP contribution in [0.15, 0.2) is 30.6 Å². The average molecular weight is 463 g/mol. The maximum Gasteiger partial charge on any atom is 0.242 e. The molecule has 2 N–H and O–H groups in total. The lowest BCUT2D eigenvalue weighted by molar-refractivity contribution is -0.129. The van der Waals surface area contributed by atoms with Gasteiger partial charge in [-0.25, -0.2) is 19.5 Å². The van der Waals surface area contributed by atoms with Gasteiger partial charge in [-0.1, -0.05) is 0 Å². The van der Waals surface area contributed by atoms with E-state index in [4.69, 9.17) is 4.98 Å². The van der Waals surface area contributed by atoms with Gasteiger partial charge in [0, 0.05) is 31.9 Å². The number of imidazole rings is 1. The number of anilines is 1. The Balaban J connectivity index is 1.43. The Morgan fingerprint density at radius 3 is 2.74 bits per heavy atom. The third kappa shape index (κ3) is 4.21. The number of fused-ring (bicyclic) bond motifs is 2. The zero-order valence-electron chi connectivity index (χ0n) is 20.0. The normalized spacial score (nSPS) is 20.7. The van der Waals surface area contributed by atoms with Crippen molar-refractivity contribution in [1.29, 1.82) is 0 Å². The van der Waals surface area contributed by atoms with Gasteiger partial charge >= 0.3 is 0 Å².